The number of carbonyl (C=O) groups is 1. The lowest BCUT2D eigenvalue weighted by Crippen LogP contribution is -2.11. The lowest BCUT2D eigenvalue weighted by molar-refractivity contribution is 0.102. The van der Waals surface area contributed by atoms with Crippen LogP contribution in [0.15, 0.2) is 22.7 Å². The predicted octanol–water partition coefficient (Wildman–Crippen LogP) is 3.25. The molecule has 0 radical (unpaired) electrons. The van der Waals surface area contributed by atoms with Crippen molar-refractivity contribution in [2.45, 2.75) is 0 Å². The average molecular weight is 348 g/mol. The molecule has 8 heteroatoms. The Morgan fingerprint density at radius 1 is 1.44 bits per heavy atom. The number of carbonyl (C=O) groups excluding carboxylic acids is 1. The molecular formula is C10H8BrClN4OS. The van der Waals surface area contributed by atoms with Crippen molar-refractivity contribution in [3.63, 3.8) is 0 Å². The van der Waals surface area contributed by atoms with Crippen LogP contribution in [0.25, 0.3) is 0 Å². The number of halogens is 2. The van der Waals surface area contributed by atoms with E-state index in [2.05, 4.69) is 36.8 Å². The van der Waals surface area contributed by atoms with Crippen LogP contribution in [0.4, 0.5) is 10.8 Å². The van der Waals surface area contributed by atoms with E-state index in [1.165, 1.54) is 11.3 Å². The number of aromatic nitrogens is 2. The Bertz CT molecular complexity index is 589. The molecule has 0 aliphatic carbocycles. The Labute approximate surface area is 121 Å². The van der Waals surface area contributed by atoms with Gasteiger partial charge in [0.1, 0.15) is 0 Å². The first kappa shape index (κ1) is 13.3. The van der Waals surface area contributed by atoms with E-state index in [1.807, 2.05) is 0 Å². The van der Waals surface area contributed by atoms with Crippen LogP contribution in [0, 0.1) is 0 Å². The van der Waals surface area contributed by atoms with E-state index < -0.39 is 0 Å². The van der Waals surface area contributed by atoms with Crippen LogP contribution in [0.3, 0.4) is 0 Å². The maximum atomic E-state index is 11.9. The number of hydrogen-bond donors (Lipinski definition) is 2. The first-order chi connectivity index (χ1) is 8.60. The van der Waals surface area contributed by atoms with Crippen LogP contribution in [0.2, 0.25) is 5.02 Å². The quantitative estimate of drug-likeness (QED) is 0.894. The highest BCUT2D eigenvalue weighted by Gasteiger charge is 2.12. The van der Waals surface area contributed by atoms with Gasteiger partial charge >= 0.3 is 0 Å². The molecule has 0 fully saturated rings. The summed E-state index contributed by atoms with van der Waals surface area (Å²) in [7, 11) is 1.72. The second-order valence-corrected chi connectivity index (χ2v) is 5.48. The molecule has 0 spiro atoms. The summed E-state index contributed by atoms with van der Waals surface area (Å²) in [6.45, 7) is 0. The molecule has 1 aromatic heterocycles. The molecule has 18 heavy (non-hydrogen) atoms. The van der Waals surface area contributed by atoms with Gasteiger partial charge in [-0.15, -0.1) is 10.2 Å². The predicted molar refractivity (Wildman–Crippen MR) is 76.6 cm³/mol. The lowest BCUT2D eigenvalue weighted by Gasteiger charge is -2.03. The summed E-state index contributed by atoms with van der Waals surface area (Å²) in [5.41, 5.74) is 0.637. The first-order valence-corrected chi connectivity index (χ1v) is 6.86. The second kappa shape index (κ2) is 5.64. The van der Waals surface area contributed by atoms with Gasteiger partial charge in [0, 0.05) is 17.2 Å². The molecule has 0 aliphatic heterocycles. The zero-order chi connectivity index (χ0) is 13.1. The number of nitrogens with one attached hydrogen (secondary N) is 2. The maximum Gasteiger partial charge on any atom is 0.286 e. The highest BCUT2D eigenvalue weighted by Crippen LogP contribution is 2.26. The third-order valence-electron chi connectivity index (χ3n) is 2.01. The van der Waals surface area contributed by atoms with Gasteiger partial charge in [-0.3, -0.25) is 4.79 Å². The van der Waals surface area contributed by atoms with E-state index in [9.17, 15) is 4.79 Å². The minimum atomic E-state index is -0.303. The van der Waals surface area contributed by atoms with Gasteiger partial charge in [-0.05, 0) is 34.1 Å². The van der Waals surface area contributed by atoms with Crippen LogP contribution < -0.4 is 10.6 Å². The smallest absolute Gasteiger partial charge is 0.286 e. The fourth-order valence-electron chi connectivity index (χ4n) is 1.17. The van der Waals surface area contributed by atoms with Crippen LogP contribution in [0.5, 0.6) is 0 Å². The molecule has 2 rings (SSSR count). The summed E-state index contributed by atoms with van der Waals surface area (Å²) in [6.07, 6.45) is 0. The molecule has 0 atom stereocenters. The number of benzene rings is 1. The molecule has 1 heterocycles. The van der Waals surface area contributed by atoms with Crippen LogP contribution >= 0.6 is 38.9 Å². The third kappa shape index (κ3) is 2.98. The third-order valence-corrected chi connectivity index (χ3v) is 4.16. The fourth-order valence-corrected chi connectivity index (χ4v) is 2.26. The lowest BCUT2D eigenvalue weighted by atomic mass is 10.3. The summed E-state index contributed by atoms with van der Waals surface area (Å²) >= 11 is 10.3. The molecular weight excluding hydrogens is 340 g/mol. The van der Waals surface area contributed by atoms with Crippen LogP contribution in [-0.2, 0) is 0 Å². The molecule has 0 saturated heterocycles. The highest BCUT2D eigenvalue weighted by molar-refractivity contribution is 9.10. The second-order valence-electron chi connectivity index (χ2n) is 3.25. The van der Waals surface area contributed by atoms with Crippen molar-refractivity contribution in [3.8, 4) is 0 Å². The molecule has 2 aromatic rings. The first-order valence-electron chi connectivity index (χ1n) is 4.88. The van der Waals surface area contributed by atoms with Crippen LogP contribution in [0.1, 0.15) is 9.80 Å². The van der Waals surface area contributed by atoms with E-state index in [1.54, 1.807) is 25.2 Å². The van der Waals surface area contributed by atoms with Crippen molar-refractivity contribution in [3.05, 3.63) is 32.7 Å². The van der Waals surface area contributed by atoms with Gasteiger partial charge < -0.3 is 10.6 Å². The Morgan fingerprint density at radius 3 is 2.83 bits per heavy atom. The molecule has 1 amide bonds. The normalized spacial score (nSPS) is 10.2. The zero-order valence-electron chi connectivity index (χ0n) is 9.20. The summed E-state index contributed by atoms with van der Waals surface area (Å²) in [5, 5.41) is 14.6. The molecule has 2 N–H and O–H groups in total. The van der Waals surface area contributed by atoms with E-state index in [0.29, 0.717) is 20.8 Å². The van der Waals surface area contributed by atoms with Crippen molar-refractivity contribution in [2.75, 3.05) is 17.7 Å². The molecule has 5 nitrogen and oxygen atoms in total. The van der Waals surface area contributed by atoms with Gasteiger partial charge in [0.2, 0.25) is 10.1 Å². The maximum absolute atomic E-state index is 11.9. The minimum Gasteiger partial charge on any atom is -0.363 e. The summed E-state index contributed by atoms with van der Waals surface area (Å²) in [4.78, 5) is 11.9. The van der Waals surface area contributed by atoms with E-state index in [4.69, 9.17) is 11.6 Å². The standard InChI is InChI=1S/C10H8BrClN4OS/c1-13-10-16-15-9(18-10)8(17)14-5-2-3-7(12)6(11)4-5/h2-4H,1H3,(H,13,16)(H,14,17). The van der Waals surface area contributed by atoms with Crippen molar-refractivity contribution in [2.24, 2.45) is 0 Å². The molecule has 0 unspecified atom stereocenters. The van der Waals surface area contributed by atoms with Gasteiger partial charge in [0.25, 0.3) is 5.91 Å². The SMILES string of the molecule is CNc1nnc(C(=O)Nc2ccc(Cl)c(Br)c2)s1. The van der Waals surface area contributed by atoms with Crippen molar-refractivity contribution in [1.82, 2.24) is 10.2 Å². The van der Waals surface area contributed by atoms with Gasteiger partial charge in [-0.1, -0.05) is 22.9 Å². The van der Waals surface area contributed by atoms with Gasteiger partial charge in [0.15, 0.2) is 0 Å². The van der Waals surface area contributed by atoms with Gasteiger partial charge in [0.05, 0.1) is 5.02 Å². The molecule has 0 saturated carbocycles. The summed E-state index contributed by atoms with van der Waals surface area (Å²) in [5.74, 6) is -0.303. The Balaban J connectivity index is 2.13. The topological polar surface area (TPSA) is 66.9 Å². The number of amides is 1. The summed E-state index contributed by atoms with van der Waals surface area (Å²) in [6, 6.07) is 5.13. The van der Waals surface area contributed by atoms with Gasteiger partial charge in [-0.25, -0.2) is 0 Å². The monoisotopic (exact) mass is 346 g/mol. The van der Waals surface area contributed by atoms with Crippen molar-refractivity contribution < 1.29 is 4.79 Å². The van der Waals surface area contributed by atoms with E-state index in [-0.39, 0.29) is 5.91 Å². The number of nitrogens with zero attached hydrogens (tertiary/aromatic N) is 2. The summed E-state index contributed by atoms with van der Waals surface area (Å²) < 4.78 is 0.718. The Hall–Kier alpha value is -1.18. The van der Waals surface area contributed by atoms with E-state index >= 15 is 0 Å². The van der Waals surface area contributed by atoms with Crippen LogP contribution in [-0.4, -0.2) is 23.2 Å². The van der Waals surface area contributed by atoms with Gasteiger partial charge in [-0.2, -0.15) is 0 Å². The van der Waals surface area contributed by atoms with Crippen molar-refractivity contribution >= 4 is 55.6 Å². The molecule has 94 valence electrons. The number of rotatable bonds is 3. The van der Waals surface area contributed by atoms with E-state index in [0.717, 1.165) is 4.47 Å². The highest BCUT2D eigenvalue weighted by atomic mass is 79.9. The largest absolute Gasteiger partial charge is 0.363 e. The number of anilines is 2. The van der Waals surface area contributed by atoms with Crippen molar-refractivity contribution in [1.29, 1.82) is 0 Å². The Morgan fingerprint density at radius 2 is 2.22 bits per heavy atom. The minimum absolute atomic E-state index is 0.297. The molecule has 1 aromatic carbocycles. The average Bonchev–Trinajstić information content (AvgIpc) is 2.82. The fraction of sp³-hybridized carbons (Fsp3) is 0.100. The molecule has 0 aliphatic rings. The Kier molecular flexibility index (Phi) is 4.15. The zero-order valence-corrected chi connectivity index (χ0v) is 12.4. The molecule has 0 bridgehead atoms. The number of hydrogen-bond acceptors (Lipinski definition) is 5.